The number of piperidine rings is 1. The summed E-state index contributed by atoms with van der Waals surface area (Å²) in [7, 11) is 1.78. The first-order valence-corrected chi connectivity index (χ1v) is 8.60. The van der Waals surface area contributed by atoms with Crippen molar-refractivity contribution in [2.75, 3.05) is 18.0 Å². The van der Waals surface area contributed by atoms with Crippen LogP contribution in [0.15, 0.2) is 48.8 Å². The van der Waals surface area contributed by atoms with Crippen molar-refractivity contribution in [3.05, 3.63) is 54.5 Å². The molecule has 0 aliphatic carbocycles. The van der Waals surface area contributed by atoms with Gasteiger partial charge in [-0.25, -0.2) is 0 Å². The summed E-state index contributed by atoms with van der Waals surface area (Å²) >= 11 is 0. The summed E-state index contributed by atoms with van der Waals surface area (Å²) in [6.07, 6.45) is 5.38. The average Bonchev–Trinajstić information content (AvgIpc) is 3.08. The first kappa shape index (κ1) is 15.6. The maximum Gasteiger partial charge on any atom is 0.269 e. The molecule has 2 aromatic heterocycles. The molecule has 0 atom stereocenters. The monoisotopic (exact) mass is 335 g/mol. The number of fused-ring (bicyclic) bond motifs is 1. The zero-order valence-corrected chi connectivity index (χ0v) is 14.2. The molecule has 6 heteroatoms. The van der Waals surface area contributed by atoms with Gasteiger partial charge >= 0.3 is 0 Å². The smallest absolute Gasteiger partial charge is 0.269 e. The second-order valence-corrected chi connectivity index (χ2v) is 6.42. The fraction of sp³-hybridized carbons (Fsp3) is 0.316. The van der Waals surface area contributed by atoms with E-state index in [4.69, 9.17) is 0 Å². The van der Waals surface area contributed by atoms with Crippen LogP contribution in [0.2, 0.25) is 0 Å². The quantitative estimate of drug-likeness (QED) is 0.798. The van der Waals surface area contributed by atoms with Gasteiger partial charge in [0.25, 0.3) is 5.91 Å². The Morgan fingerprint density at radius 1 is 1.12 bits per heavy atom. The largest absolute Gasteiger partial charge is 0.371 e. The van der Waals surface area contributed by atoms with Gasteiger partial charge in [-0.05, 0) is 31.0 Å². The lowest BCUT2D eigenvalue weighted by Crippen LogP contribution is -2.45. The fourth-order valence-corrected chi connectivity index (χ4v) is 3.48. The van der Waals surface area contributed by atoms with Crippen LogP contribution in [0.5, 0.6) is 0 Å². The molecule has 25 heavy (non-hydrogen) atoms. The first-order valence-electron chi connectivity index (χ1n) is 8.60. The molecular formula is C19H21N5O. The first-order chi connectivity index (χ1) is 12.2. The Hall–Kier alpha value is -2.89. The van der Waals surface area contributed by atoms with Gasteiger partial charge < -0.3 is 10.2 Å². The fourth-order valence-electron chi connectivity index (χ4n) is 3.48. The van der Waals surface area contributed by atoms with Gasteiger partial charge in [0.2, 0.25) is 0 Å². The Morgan fingerprint density at radius 2 is 1.92 bits per heavy atom. The van der Waals surface area contributed by atoms with Gasteiger partial charge in [0.05, 0.1) is 5.52 Å². The Balaban J connectivity index is 1.43. The Morgan fingerprint density at radius 3 is 2.68 bits per heavy atom. The zero-order valence-electron chi connectivity index (χ0n) is 14.2. The number of hydrogen-bond acceptors (Lipinski definition) is 4. The van der Waals surface area contributed by atoms with E-state index in [0.29, 0.717) is 5.69 Å². The van der Waals surface area contributed by atoms with Gasteiger partial charge in [0.1, 0.15) is 5.69 Å². The van der Waals surface area contributed by atoms with E-state index < -0.39 is 0 Å². The summed E-state index contributed by atoms with van der Waals surface area (Å²) in [6.45, 7) is 1.84. The van der Waals surface area contributed by atoms with Gasteiger partial charge in [-0.2, -0.15) is 5.10 Å². The third-order valence-electron chi connectivity index (χ3n) is 4.85. The standard InChI is InChI=1S/C19H21N5O/c1-23-18(7-11-21-23)19(25)22-14-8-12-24(13-9-14)17-6-10-20-16-5-3-2-4-15(16)17/h2-7,10-11,14H,8-9,12-13H2,1H3,(H,22,25). The maximum absolute atomic E-state index is 12.3. The molecule has 0 radical (unpaired) electrons. The number of para-hydroxylation sites is 1. The van der Waals surface area contributed by atoms with Crippen molar-refractivity contribution in [2.24, 2.45) is 7.05 Å². The van der Waals surface area contributed by atoms with Crippen molar-refractivity contribution in [1.29, 1.82) is 0 Å². The highest BCUT2D eigenvalue weighted by molar-refractivity contribution is 5.93. The van der Waals surface area contributed by atoms with Crippen molar-refractivity contribution < 1.29 is 4.79 Å². The van der Waals surface area contributed by atoms with Crippen molar-refractivity contribution in [2.45, 2.75) is 18.9 Å². The third kappa shape index (κ3) is 3.07. The number of aryl methyl sites for hydroxylation is 1. The van der Waals surface area contributed by atoms with Crippen LogP contribution in [-0.2, 0) is 7.05 Å². The molecule has 1 aromatic carbocycles. The van der Waals surface area contributed by atoms with Gasteiger partial charge in [0, 0.05) is 49.6 Å². The van der Waals surface area contributed by atoms with Crippen LogP contribution in [-0.4, -0.2) is 39.8 Å². The number of benzene rings is 1. The Bertz CT molecular complexity index is 890. The molecule has 3 aromatic rings. The molecular weight excluding hydrogens is 314 g/mol. The Labute approximate surface area is 146 Å². The summed E-state index contributed by atoms with van der Waals surface area (Å²) in [4.78, 5) is 19.1. The molecule has 0 spiro atoms. The van der Waals surface area contributed by atoms with Gasteiger partial charge in [-0.1, -0.05) is 18.2 Å². The normalized spacial score (nSPS) is 15.5. The molecule has 1 aliphatic heterocycles. The van der Waals surface area contributed by atoms with E-state index in [1.807, 2.05) is 24.4 Å². The van der Waals surface area contributed by atoms with E-state index in [2.05, 4.69) is 32.4 Å². The van der Waals surface area contributed by atoms with E-state index in [-0.39, 0.29) is 11.9 Å². The second kappa shape index (κ2) is 6.55. The molecule has 1 saturated heterocycles. The highest BCUT2D eigenvalue weighted by atomic mass is 16.2. The SMILES string of the molecule is Cn1nccc1C(=O)NC1CCN(c2ccnc3ccccc23)CC1. The molecule has 6 nitrogen and oxygen atoms in total. The minimum absolute atomic E-state index is 0.0483. The maximum atomic E-state index is 12.3. The number of anilines is 1. The van der Waals surface area contributed by atoms with Crippen molar-refractivity contribution >= 4 is 22.5 Å². The number of carbonyl (C=O) groups excluding carboxylic acids is 1. The predicted molar refractivity (Wildman–Crippen MR) is 97.7 cm³/mol. The van der Waals surface area contributed by atoms with Gasteiger partial charge in [-0.3, -0.25) is 14.5 Å². The molecule has 4 rings (SSSR count). The highest BCUT2D eigenvalue weighted by Crippen LogP contribution is 2.27. The molecule has 3 heterocycles. The van der Waals surface area contributed by atoms with E-state index in [9.17, 15) is 4.79 Å². The van der Waals surface area contributed by atoms with Gasteiger partial charge in [0.15, 0.2) is 0 Å². The van der Waals surface area contributed by atoms with Crippen molar-refractivity contribution in [1.82, 2.24) is 20.1 Å². The lowest BCUT2D eigenvalue weighted by Gasteiger charge is -2.34. The summed E-state index contributed by atoms with van der Waals surface area (Å²) in [5.74, 6) is -0.0483. The lowest BCUT2D eigenvalue weighted by atomic mass is 10.0. The number of nitrogens with one attached hydrogen (secondary N) is 1. The molecule has 1 fully saturated rings. The van der Waals surface area contributed by atoms with Crippen LogP contribution in [0.3, 0.4) is 0 Å². The van der Waals surface area contributed by atoms with Crippen LogP contribution in [0, 0.1) is 0 Å². The molecule has 1 amide bonds. The number of carbonyl (C=O) groups is 1. The molecule has 0 saturated carbocycles. The number of pyridine rings is 1. The van der Waals surface area contributed by atoms with Crippen LogP contribution in [0.4, 0.5) is 5.69 Å². The number of hydrogen-bond donors (Lipinski definition) is 1. The van der Waals surface area contributed by atoms with Crippen LogP contribution in [0.1, 0.15) is 23.3 Å². The molecule has 1 N–H and O–H groups in total. The minimum Gasteiger partial charge on any atom is -0.371 e. The van der Waals surface area contributed by atoms with E-state index in [0.717, 1.165) is 31.4 Å². The lowest BCUT2D eigenvalue weighted by molar-refractivity contribution is 0.0921. The van der Waals surface area contributed by atoms with Crippen molar-refractivity contribution in [3.8, 4) is 0 Å². The summed E-state index contributed by atoms with van der Waals surface area (Å²) in [6, 6.07) is 12.2. The van der Waals surface area contributed by atoms with E-state index in [1.54, 1.807) is 24.0 Å². The van der Waals surface area contributed by atoms with Crippen LogP contribution < -0.4 is 10.2 Å². The summed E-state index contributed by atoms with van der Waals surface area (Å²) in [5, 5.41) is 8.37. The average molecular weight is 335 g/mol. The Kier molecular flexibility index (Phi) is 4.09. The van der Waals surface area contributed by atoms with Gasteiger partial charge in [-0.15, -0.1) is 0 Å². The summed E-state index contributed by atoms with van der Waals surface area (Å²) in [5.41, 5.74) is 2.84. The summed E-state index contributed by atoms with van der Waals surface area (Å²) < 4.78 is 1.60. The van der Waals surface area contributed by atoms with Crippen LogP contribution >= 0.6 is 0 Å². The van der Waals surface area contributed by atoms with Crippen LogP contribution in [0.25, 0.3) is 10.9 Å². The molecule has 1 aliphatic rings. The number of nitrogens with zero attached hydrogens (tertiary/aromatic N) is 4. The number of amides is 1. The third-order valence-corrected chi connectivity index (χ3v) is 4.85. The zero-order chi connectivity index (χ0) is 17.2. The van der Waals surface area contributed by atoms with Crippen molar-refractivity contribution in [3.63, 3.8) is 0 Å². The second-order valence-electron chi connectivity index (χ2n) is 6.42. The topological polar surface area (TPSA) is 63.1 Å². The predicted octanol–water partition coefficient (Wildman–Crippen LogP) is 2.37. The van der Waals surface area contributed by atoms with E-state index >= 15 is 0 Å². The number of rotatable bonds is 3. The highest BCUT2D eigenvalue weighted by Gasteiger charge is 2.23. The minimum atomic E-state index is -0.0483. The molecule has 0 bridgehead atoms. The molecule has 0 unspecified atom stereocenters. The van der Waals surface area contributed by atoms with E-state index in [1.165, 1.54) is 11.1 Å². The number of aromatic nitrogens is 3. The molecule has 128 valence electrons.